The molecule has 3 aromatic carbocycles. The highest BCUT2D eigenvalue weighted by molar-refractivity contribution is 7.18. The van der Waals surface area contributed by atoms with E-state index in [9.17, 15) is 0 Å². The predicted molar refractivity (Wildman–Crippen MR) is 90.5 cm³/mol. The fourth-order valence-corrected chi connectivity index (χ4v) is 3.51. The van der Waals surface area contributed by atoms with E-state index in [2.05, 4.69) is 59.6 Å². The number of thiazole rings is 1. The number of hydrogen-bond acceptors (Lipinski definition) is 2. The zero-order valence-corrected chi connectivity index (χ0v) is 12.2. The minimum atomic E-state index is 1.07. The maximum absolute atomic E-state index is 4.59. The van der Waals surface area contributed by atoms with Crippen LogP contribution in [0.15, 0.2) is 79.0 Å². The van der Waals surface area contributed by atoms with Crippen LogP contribution in [0.5, 0.6) is 0 Å². The molecule has 100 valence electrons. The highest BCUT2D eigenvalue weighted by atomic mass is 32.1. The zero-order valence-electron chi connectivity index (χ0n) is 11.4. The lowest BCUT2D eigenvalue weighted by molar-refractivity contribution is 1.41. The van der Waals surface area contributed by atoms with E-state index >= 15 is 0 Å². The Hall–Kier alpha value is -2.45. The van der Waals surface area contributed by atoms with Gasteiger partial charge < -0.3 is 0 Å². The van der Waals surface area contributed by atoms with Crippen molar-refractivity contribution in [2.24, 2.45) is 0 Å². The van der Waals surface area contributed by atoms with Crippen molar-refractivity contribution < 1.29 is 0 Å². The summed E-state index contributed by atoms with van der Waals surface area (Å²) in [6.45, 7) is 0. The van der Waals surface area contributed by atoms with Gasteiger partial charge in [-0.3, -0.25) is 0 Å². The molecule has 0 atom stereocenters. The summed E-state index contributed by atoms with van der Waals surface area (Å²) >= 11 is 1.74. The standard InChI is InChI=1S/C19H13NS/c1-2-8-15(9-3-1)19-20-13-18(21-19)17-12-6-10-14-7-4-5-11-16(14)17/h1-13H. The van der Waals surface area contributed by atoms with Gasteiger partial charge in [0.05, 0.1) is 4.88 Å². The minimum Gasteiger partial charge on any atom is -0.244 e. The molecule has 0 amide bonds. The van der Waals surface area contributed by atoms with E-state index in [0.29, 0.717) is 0 Å². The number of benzene rings is 3. The van der Waals surface area contributed by atoms with E-state index in [1.165, 1.54) is 26.8 Å². The summed E-state index contributed by atoms with van der Waals surface area (Å²) in [5, 5.41) is 3.62. The van der Waals surface area contributed by atoms with Crippen molar-refractivity contribution >= 4 is 22.1 Å². The molecule has 0 fully saturated rings. The topological polar surface area (TPSA) is 12.9 Å². The Morgan fingerprint density at radius 1 is 0.714 bits per heavy atom. The fourth-order valence-electron chi connectivity index (χ4n) is 2.55. The van der Waals surface area contributed by atoms with E-state index in [-0.39, 0.29) is 0 Å². The highest BCUT2D eigenvalue weighted by Crippen LogP contribution is 2.35. The molecule has 4 aromatic rings. The van der Waals surface area contributed by atoms with Gasteiger partial charge in [-0.05, 0) is 10.8 Å². The number of fused-ring (bicyclic) bond motifs is 1. The Kier molecular flexibility index (Phi) is 3.02. The van der Waals surface area contributed by atoms with E-state index < -0.39 is 0 Å². The molecule has 0 aliphatic heterocycles. The van der Waals surface area contributed by atoms with Crippen molar-refractivity contribution in [3.63, 3.8) is 0 Å². The third-order valence-corrected chi connectivity index (χ3v) is 4.66. The van der Waals surface area contributed by atoms with Crippen LogP contribution in [-0.2, 0) is 0 Å². The van der Waals surface area contributed by atoms with Crippen LogP contribution in [0.1, 0.15) is 0 Å². The Morgan fingerprint density at radius 2 is 1.48 bits per heavy atom. The van der Waals surface area contributed by atoms with Gasteiger partial charge in [-0.25, -0.2) is 4.98 Å². The number of hydrogen-bond donors (Lipinski definition) is 0. The summed E-state index contributed by atoms with van der Waals surface area (Å²) in [4.78, 5) is 5.80. The second-order valence-electron chi connectivity index (χ2n) is 4.92. The first-order valence-corrected chi connectivity index (χ1v) is 7.73. The van der Waals surface area contributed by atoms with Crippen molar-refractivity contribution in [2.75, 3.05) is 0 Å². The van der Waals surface area contributed by atoms with Gasteiger partial charge in [0.15, 0.2) is 0 Å². The highest BCUT2D eigenvalue weighted by Gasteiger charge is 2.08. The average Bonchev–Trinajstić information content (AvgIpc) is 3.05. The van der Waals surface area contributed by atoms with Crippen LogP contribution >= 0.6 is 11.3 Å². The van der Waals surface area contributed by atoms with Gasteiger partial charge in [0.2, 0.25) is 0 Å². The van der Waals surface area contributed by atoms with Gasteiger partial charge >= 0.3 is 0 Å². The molecule has 0 bridgehead atoms. The lowest BCUT2D eigenvalue weighted by Gasteiger charge is -2.03. The first kappa shape index (κ1) is 12.3. The van der Waals surface area contributed by atoms with Crippen LogP contribution in [-0.4, -0.2) is 4.98 Å². The minimum absolute atomic E-state index is 1.07. The molecule has 1 aromatic heterocycles. The molecule has 0 N–H and O–H groups in total. The van der Waals surface area contributed by atoms with Crippen molar-refractivity contribution in [1.82, 2.24) is 4.98 Å². The van der Waals surface area contributed by atoms with Gasteiger partial charge in [0.25, 0.3) is 0 Å². The molecule has 0 spiro atoms. The summed E-state index contributed by atoms with van der Waals surface area (Å²) in [6, 6.07) is 25.3. The van der Waals surface area contributed by atoms with Gasteiger partial charge in [0, 0.05) is 17.3 Å². The molecular weight excluding hydrogens is 274 g/mol. The summed E-state index contributed by atoms with van der Waals surface area (Å²) in [5.41, 5.74) is 2.43. The molecule has 1 heterocycles. The van der Waals surface area contributed by atoms with Crippen LogP contribution in [0, 0.1) is 0 Å². The van der Waals surface area contributed by atoms with Crippen LogP contribution < -0.4 is 0 Å². The number of aromatic nitrogens is 1. The van der Waals surface area contributed by atoms with Gasteiger partial charge in [0.1, 0.15) is 5.01 Å². The molecule has 0 aliphatic rings. The van der Waals surface area contributed by atoms with Crippen molar-refractivity contribution in [2.45, 2.75) is 0 Å². The normalized spacial score (nSPS) is 10.9. The predicted octanol–water partition coefficient (Wildman–Crippen LogP) is 5.63. The third kappa shape index (κ3) is 2.24. The maximum atomic E-state index is 4.59. The monoisotopic (exact) mass is 287 g/mol. The van der Waals surface area contributed by atoms with Crippen molar-refractivity contribution in [3.05, 3.63) is 79.0 Å². The molecule has 0 radical (unpaired) electrons. The Labute approximate surface area is 127 Å². The fraction of sp³-hybridized carbons (Fsp3) is 0. The van der Waals surface area contributed by atoms with Crippen molar-refractivity contribution in [1.29, 1.82) is 0 Å². The molecule has 0 saturated heterocycles. The van der Waals surface area contributed by atoms with Crippen LogP contribution in [0.4, 0.5) is 0 Å². The lowest BCUT2D eigenvalue weighted by Crippen LogP contribution is -1.77. The maximum Gasteiger partial charge on any atom is 0.123 e. The first-order chi connectivity index (χ1) is 10.4. The Balaban J connectivity index is 1.85. The Morgan fingerprint density at radius 3 is 2.38 bits per heavy atom. The third-order valence-electron chi connectivity index (χ3n) is 3.58. The summed E-state index contributed by atoms with van der Waals surface area (Å²) in [6.07, 6.45) is 1.98. The lowest BCUT2D eigenvalue weighted by atomic mass is 10.0. The number of rotatable bonds is 2. The molecule has 1 nitrogen and oxygen atoms in total. The van der Waals surface area contributed by atoms with Gasteiger partial charge in [-0.2, -0.15) is 0 Å². The zero-order chi connectivity index (χ0) is 14.1. The SMILES string of the molecule is c1ccc(-c2ncc(-c3cccc4ccccc34)s2)cc1. The van der Waals surface area contributed by atoms with E-state index in [1.54, 1.807) is 11.3 Å². The van der Waals surface area contributed by atoms with E-state index in [0.717, 1.165) is 5.01 Å². The quantitative estimate of drug-likeness (QED) is 0.465. The van der Waals surface area contributed by atoms with Gasteiger partial charge in [-0.1, -0.05) is 72.8 Å². The second kappa shape index (κ2) is 5.15. The molecule has 0 unspecified atom stereocenters. The second-order valence-corrected chi connectivity index (χ2v) is 5.95. The number of nitrogens with zero attached hydrogens (tertiary/aromatic N) is 1. The molecule has 0 aliphatic carbocycles. The molecule has 2 heteroatoms. The largest absolute Gasteiger partial charge is 0.244 e. The molecular formula is C19H13NS. The van der Waals surface area contributed by atoms with Gasteiger partial charge in [-0.15, -0.1) is 11.3 Å². The van der Waals surface area contributed by atoms with Crippen molar-refractivity contribution in [3.8, 4) is 21.0 Å². The molecule has 0 saturated carbocycles. The van der Waals surface area contributed by atoms with E-state index in [4.69, 9.17) is 0 Å². The van der Waals surface area contributed by atoms with E-state index in [1.807, 2.05) is 24.4 Å². The smallest absolute Gasteiger partial charge is 0.123 e. The average molecular weight is 287 g/mol. The summed E-state index contributed by atoms with van der Waals surface area (Å²) in [5.74, 6) is 0. The van der Waals surface area contributed by atoms with Crippen LogP contribution in [0.3, 0.4) is 0 Å². The van der Waals surface area contributed by atoms with Crippen LogP contribution in [0.2, 0.25) is 0 Å². The molecule has 4 rings (SSSR count). The first-order valence-electron chi connectivity index (χ1n) is 6.91. The summed E-state index contributed by atoms with van der Waals surface area (Å²) in [7, 11) is 0. The van der Waals surface area contributed by atoms with Crippen LogP contribution in [0.25, 0.3) is 31.8 Å². The molecule has 21 heavy (non-hydrogen) atoms. The summed E-state index contributed by atoms with van der Waals surface area (Å²) < 4.78 is 0. The Bertz CT molecular complexity index is 888.